The molecule has 1 aliphatic heterocycles. The van der Waals surface area contributed by atoms with E-state index in [4.69, 9.17) is 21.1 Å². The highest BCUT2D eigenvalue weighted by Gasteiger charge is 2.34. The van der Waals surface area contributed by atoms with Crippen molar-refractivity contribution >= 4 is 51.1 Å². The van der Waals surface area contributed by atoms with Crippen molar-refractivity contribution in [3.63, 3.8) is 0 Å². The van der Waals surface area contributed by atoms with Crippen LogP contribution in [-0.2, 0) is 9.59 Å². The summed E-state index contributed by atoms with van der Waals surface area (Å²) in [7, 11) is 0. The monoisotopic (exact) mass is 478 g/mol. The number of rotatable bonds is 6. The fourth-order valence-electron chi connectivity index (χ4n) is 2.79. The van der Waals surface area contributed by atoms with E-state index in [9.17, 15) is 9.59 Å². The lowest BCUT2D eigenvalue weighted by Crippen LogP contribution is -2.35. The molecule has 6 nitrogen and oxygen atoms in total. The first-order chi connectivity index (χ1) is 13.8. The molecule has 2 amide bonds. The summed E-state index contributed by atoms with van der Waals surface area (Å²) < 4.78 is 12.0. The molecule has 0 saturated carbocycles. The van der Waals surface area contributed by atoms with Crippen LogP contribution in [0.5, 0.6) is 11.5 Å². The van der Waals surface area contributed by atoms with Crippen LogP contribution in [0.15, 0.2) is 46.4 Å². The topological polar surface area (TPSA) is 67.9 Å². The molecule has 1 saturated heterocycles. The second-order valence-electron chi connectivity index (χ2n) is 6.50. The number of carbonyl (C=O) groups excluding carboxylic acids is 2. The van der Waals surface area contributed by atoms with Crippen LogP contribution >= 0.6 is 27.5 Å². The number of hydrogen-bond acceptors (Lipinski definition) is 4. The number of hydrogen-bond donors (Lipinski definition) is 1. The third kappa shape index (κ3) is 4.41. The molecule has 0 bridgehead atoms. The maximum absolute atomic E-state index is 12.8. The van der Waals surface area contributed by atoms with Gasteiger partial charge in [0.25, 0.3) is 11.8 Å². The van der Waals surface area contributed by atoms with E-state index >= 15 is 0 Å². The molecule has 0 aromatic heterocycles. The van der Waals surface area contributed by atoms with Crippen LogP contribution in [-0.4, -0.2) is 24.5 Å². The van der Waals surface area contributed by atoms with Gasteiger partial charge in [-0.2, -0.15) is 0 Å². The minimum Gasteiger partial charge on any atom is -0.490 e. The lowest BCUT2D eigenvalue weighted by molar-refractivity contribution is -0.117. The fraction of sp³-hybridized carbons (Fsp3) is 0.238. The second kappa shape index (κ2) is 8.88. The molecule has 152 valence electrons. The molecule has 8 heteroatoms. The third-order valence-corrected chi connectivity index (χ3v) is 5.46. The summed E-state index contributed by atoms with van der Waals surface area (Å²) in [5, 5.41) is 1.52. The number of carbonyl (C=O) groups is 2. The average molecular weight is 480 g/mol. The zero-order chi connectivity index (χ0) is 21.1. The van der Waals surface area contributed by atoms with Crippen LogP contribution in [0.2, 0.25) is 5.02 Å². The molecule has 0 unspecified atom stereocenters. The number of para-hydroxylation sites is 1. The molecule has 0 spiro atoms. The van der Waals surface area contributed by atoms with Crippen LogP contribution in [0.3, 0.4) is 0 Å². The average Bonchev–Trinajstić information content (AvgIpc) is 2.97. The SMILES string of the molecule is CCOc1cc(/C=C2/C(=O)NN(c3ccccc3)C2=O)c(Br)c(Cl)c1OC(C)C. The Balaban J connectivity index is 2.03. The van der Waals surface area contributed by atoms with Gasteiger partial charge in [-0.1, -0.05) is 29.8 Å². The van der Waals surface area contributed by atoms with Gasteiger partial charge in [-0.25, -0.2) is 5.01 Å². The predicted molar refractivity (Wildman–Crippen MR) is 116 cm³/mol. The van der Waals surface area contributed by atoms with Gasteiger partial charge in [0.2, 0.25) is 0 Å². The minimum atomic E-state index is -0.498. The van der Waals surface area contributed by atoms with Crippen molar-refractivity contribution in [1.82, 2.24) is 5.43 Å². The van der Waals surface area contributed by atoms with Gasteiger partial charge in [-0.05, 0) is 66.5 Å². The van der Waals surface area contributed by atoms with Crippen molar-refractivity contribution in [3.8, 4) is 11.5 Å². The van der Waals surface area contributed by atoms with Gasteiger partial charge in [0.1, 0.15) is 10.6 Å². The summed E-state index contributed by atoms with van der Waals surface area (Å²) in [5.41, 5.74) is 3.67. The first-order valence-electron chi connectivity index (χ1n) is 9.07. The largest absolute Gasteiger partial charge is 0.490 e. The summed E-state index contributed by atoms with van der Waals surface area (Å²) in [4.78, 5) is 25.3. The molecular formula is C21H20BrClN2O4. The molecule has 2 aromatic carbocycles. The lowest BCUT2D eigenvalue weighted by Gasteiger charge is -2.18. The quantitative estimate of drug-likeness (QED) is 0.480. The molecule has 1 aliphatic rings. The molecule has 1 fully saturated rings. The Morgan fingerprint density at radius 3 is 2.55 bits per heavy atom. The Hall–Kier alpha value is -2.51. The number of nitrogens with zero attached hydrogens (tertiary/aromatic N) is 1. The fourth-order valence-corrected chi connectivity index (χ4v) is 3.45. The molecular weight excluding hydrogens is 460 g/mol. The van der Waals surface area contributed by atoms with Crippen molar-refractivity contribution in [2.24, 2.45) is 0 Å². The maximum atomic E-state index is 12.8. The summed E-state index contributed by atoms with van der Waals surface area (Å²) in [6.45, 7) is 6.02. The second-order valence-corrected chi connectivity index (χ2v) is 7.67. The standard InChI is InChI=1S/C21H20BrClN2O4/c1-4-28-16-11-13(17(22)18(23)19(16)29-12(2)3)10-15-20(26)24-25(21(15)27)14-8-6-5-7-9-14/h5-12H,4H2,1-3H3,(H,24,26)/b15-10-. The van der Waals surface area contributed by atoms with E-state index in [1.165, 1.54) is 11.1 Å². The van der Waals surface area contributed by atoms with Crippen molar-refractivity contribution in [2.45, 2.75) is 26.9 Å². The zero-order valence-electron chi connectivity index (χ0n) is 16.2. The van der Waals surface area contributed by atoms with Crippen molar-refractivity contribution < 1.29 is 19.1 Å². The number of halogens is 2. The van der Waals surface area contributed by atoms with E-state index in [0.29, 0.717) is 38.9 Å². The summed E-state index contributed by atoms with van der Waals surface area (Å²) in [6, 6.07) is 10.6. The number of ether oxygens (including phenoxy) is 2. The van der Waals surface area contributed by atoms with E-state index in [-0.39, 0.29) is 11.7 Å². The van der Waals surface area contributed by atoms with Gasteiger partial charge >= 0.3 is 0 Å². The van der Waals surface area contributed by atoms with Gasteiger partial charge in [-0.15, -0.1) is 0 Å². The van der Waals surface area contributed by atoms with Gasteiger partial charge in [0.15, 0.2) is 11.5 Å². The van der Waals surface area contributed by atoms with E-state index in [1.807, 2.05) is 26.8 Å². The van der Waals surface area contributed by atoms with Crippen molar-refractivity contribution in [3.05, 3.63) is 57.0 Å². The molecule has 29 heavy (non-hydrogen) atoms. The van der Waals surface area contributed by atoms with Crippen LogP contribution in [0.4, 0.5) is 5.69 Å². The van der Waals surface area contributed by atoms with E-state index in [1.54, 1.807) is 30.3 Å². The van der Waals surface area contributed by atoms with Crippen LogP contribution < -0.4 is 19.9 Å². The number of benzene rings is 2. The van der Waals surface area contributed by atoms with Crippen LogP contribution in [0.1, 0.15) is 26.3 Å². The third-order valence-electron chi connectivity index (χ3n) is 4.01. The van der Waals surface area contributed by atoms with Gasteiger partial charge in [-0.3, -0.25) is 15.0 Å². The number of anilines is 1. The van der Waals surface area contributed by atoms with Crippen molar-refractivity contribution in [2.75, 3.05) is 11.6 Å². The smallest absolute Gasteiger partial charge is 0.282 e. The molecule has 2 aromatic rings. The summed E-state index contributed by atoms with van der Waals surface area (Å²) in [5.74, 6) is -0.107. The van der Waals surface area contributed by atoms with Gasteiger partial charge in [0.05, 0.1) is 18.4 Å². The van der Waals surface area contributed by atoms with Crippen molar-refractivity contribution in [1.29, 1.82) is 0 Å². The Kier molecular flexibility index (Phi) is 6.49. The molecule has 0 radical (unpaired) electrons. The molecule has 1 N–H and O–H groups in total. The highest BCUT2D eigenvalue weighted by Crippen LogP contribution is 2.44. The van der Waals surface area contributed by atoms with Crippen LogP contribution in [0, 0.1) is 0 Å². The summed E-state index contributed by atoms with van der Waals surface area (Å²) in [6.07, 6.45) is 1.38. The Labute approximate surface area is 182 Å². The Bertz CT molecular complexity index is 976. The highest BCUT2D eigenvalue weighted by atomic mass is 79.9. The molecule has 0 aliphatic carbocycles. The zero-order valence-corrected chi connectivity index (χ0v) is 18.5. The Morgan fingerprint density at radius 2 is 1.93 bits per heavy atom. The first-order valence-corrected chi connectivity index (χ1v) is 10.2. The molecule has 0 atom stereocenters. The van der Waals surface area contributed by atoms with Crippen LogP contribution in [0.25, 0.3) is 6.08 Å². The maximum Gasteiger partial charge on any atom is 0.282 e. The number of hydrazine groups is 1. The van der Waals surface area contributed by atoms with E-state index < -0.39 is 11.8 Å². The van der Waals surface area contributed by atoms with E-state index in [2.05, 4.69) is 21.4 Å². The first kappa shape index (κ1) is 21.2. The Morgan fingerprint density at radius 1 is 1.24 bits per heavy atom. The van der Waals surface area contributed by atoms with E-state index in [0.717, 1.165) is 0 Å². The van der Waals surface area contributed by atoms with Gasteiger partial charge < -0.3 is 9.47 Å². The normalized spacial score (nSPS) is 15.2. The summed E-state index contributed by atoms with van der Waals surface area (Å²) >= 11 is 9.93. The molecule has 1 heterocycles. The highest BCUT2D eigenvalue weighted by molar-refractivity contribution is 9.10. The predicted octanol–water partition coefficient (Wildman–Crippen LogP) is 4.75. The van der Waals surface area contributed by atoms with Gasteiger partial charge in [0, 0.05) is 4.47 Å². The lowest BCUT2D eigenvalue weighted by atomic mass is 10.1. The number of nitrogens with one attached hydrogen (secondary N) is 1. The minimum absolute atomic E-state index is 0.00871. The number of amides is 2. The molecule has 3 rings (SSSR count).